The molecule has 0 saturated carbocycles. The molecule has 20 heavy (non-hydrogen) atoms. The second kappa shape index (κ2) is 4.30. The molecule has 0 atom stereocenters. The summed E-state index contributed by atoms with van der Waals surface area (Å²) in [6, 6.07) is 14.5. The third-order valence-corrected chi connectivity index (χ3v) is 4.00. The van der Waals surface area contributed by atoms with Crippen molar-refractivity contribution >= 4 is 16.6 Å². The maximum absolute atomic E-state index is 6.10. The highest BCUT2D eigenvalue weighted by molar-refractivity contribution is 5.95. The summed E-state index contributed by atoms with van der Waals surface area (Å²) in [6.07, 6.45) is 3.16. The van der Waals surface area contributed by atoms with E-state index in [4.69, 9.17) is 10.7 Å². The lowest BCUT2D eigenvalue weighted by molar-refractivity contribution is 0.900. The summed E-state index contributed by atoms with van der Waals surface area (Å²) in [4.78, 5) is 9.28. The monoisotopic (exact) mass is 261 g/mol. The average molecular weight is 261 g/mol. The van der Waals surface area contributed by atoms with Crippen molar-refractivity contribution in [1.82, 2.24) is 9.97 Å². The highest BCUT2D eigenvalue weighted by Crippen LogP contribution is 2.30. The molecule has 1 aromatic heterocycles. The first kappa shape index (κ1) is 11.4. The van der Waals surface area contributed by atoms with Gasteiger partial charge in [-0.3, -0.25) is 0 Å². The van der Waals surface area contributed by atoms with Crippen molar-refractivity contribution in [2.75, 3.05) is 5.73 Å². The Hall–Kier alpha value is -2.42. The SMILES string of the molecule is Nc1nc(-c2cccc3ccccc23)nc2c1CCC2. The minimum atomic E-state index is 0.649. The third kappa shape index (κ3) is 1.67. The zero-order valence-corrected chi connectivity index (χ0v) is 11.1. The van der Waals surface area contributed by atoms with Crippen molar-refractivity contribution in [1.29, 1.82) is 0 Å². The third-order valence-electron chi connectivity index (χ3n) is 4.00. The van der Waals surface area contributed by atoms with Gasteiger partial charge >= 0.3 is 0 Å². The van der Waals surface area contributed by atoms with Gasteiger partial charge in [-0.1, -0.05) is 42.5 Å². The molecule has 0 unspecified atom stereocenters. The van der Waals surface area contributed by atoms with Crippen LogP contribution in [0.25, 0.3) is 22.2 Å². The van der Waals surface area contributed by atoms with Crippen LogP contribution in [0.2, 0.25) is 0 Å². The zero-order chi connectivity index (χ0) is 13.5. The van der Waals surface area contributed by atoms with Crippen molar-refractivity contribution in [2.24, 2.45) is 0 Å². The molecule has 3 heteroatoms. The summed E-state index contributed by atoms with van der Waals surface area (Å²) in [7, 11) is 0. The number of nitrogens with two attached hydrogens (primary N) is 1. The van der Waals surface area contributed by atoms with Crippen LogP contribution in [-0.4, -0.2) is 9.97 Å². The number of nitrogens with zero attached hydrogens (tertiary/aromatic N) is 2. The van der Waals surface area contributed by atoms with E-state index in [1.807, 2.05) is 18.2 Å². The molecule has 4 rings (SSSR count). The molecule has 0 radical (unpaired) electrons. The Morgan fingerprint density at radius 2 is 1.75 bits per heavy atom. The van der Waals surface area contributed by atoms with E-state index in [1.54, 1.807) is 0 Å². The molecule has 0 spiro atoms. The molecule has 3 nitrogen and oxygen atoms in total. The predicted octanol–water partition coefficient (Wildman–Crippen LogP) is 3.37. The Balaban J connectivity index is 1.98. The van der Waals surface area contributed by atoms with Crippen LogP contribution in [0, 0.1) is 0 Å². The van der Waals surface area contributed by atoms with Gasteiger partial charge in [-0.2, -0.15) is 0 Å². The molecule has 0 saturated heterocycles. The standard InChI is InChI=1S/C17H15N3/c18-16-14-9-4-10-15(14)19-17(20-16)13-8-3-6-11-5-1-2-7-12(11)13/h1-3,5-8H,4,9-10H2,(H2,18,19,20). The molecule has 3 aromatic rings. The first-order chi connectivity index (χ1) is 9.83. The molecule has 1 heterocycles. The Bertz CT molecular complexity index is 803. The van der Waals surface area contributed by atoms with Crippen LogP contribution < -0.4 is 5.73 Å². The molecule has 0 aliphatic heterocycles. The molecule has 2 aromatic carbocycles. The van der Waals surface area contributed by atoms with E-state index in [-0.39, 0.29) is 0 Å². The van der Waals surface area contributed by atoms with Crippen molar-refractivity contribution in [3.63, 3.8) is 0 Å². The lowest BCUT2D eigenvalue weighted by Crippen LogP contribution is -2.03. The predicted molar refractivity (Wildman–Crippen MR) is 81.4 cm³/mol. The minimum Gasteiger partial charge on any atom is -0.383 e. The van der Waals surface area contributed by atoms with Crippen molar-refractivity contribution in [3.8, 4) is 11.4 Å². The van der Waals surface area contributed by atoms with Crippen LogP contribution >= 0.6 is 0 Å². The lowest BCUT2D eigenvalue weighted by Gasteiger charge is -2.09. The second-order valence-corrected chi connectivity index (χ2v) is 5.24. The number of hydrogen-bond donors (Lipinski definition) is 1. The number of aromatic nitrogens is 2. The van der Waals surface area contributed by atoms with Crippen molar-refractivity contribution in [2.45, 2.75) is 19.3 Å². The van der Waals surface area contributed by atoms with E-state index in [0.29, 0.717) is 5.82 Å². The van der Waals surface area contributed by atoms with Crippen molar-refractivity contribution in [3.05, 3.63) is 53.7 Å². The molecule has 0 amide bonds. The maximum atomic E-state index is 6.10. The fraction of sp³-hybridized carbons (Fsp3) is 0.176. The van der Waals surface area contributed by atoms with Gasteiger partial charge < -0.3 is 5.73 Å². The highest BCUT2D eigenvalue weighted by Gasteiger charge is 2.18. The molecule has 98 valence electrons. The van der Waals surface area contributed by atoms with Crippen LogP contribution in [0.4, 0.5) is 5.82 Å². The first-order valence-electron chi connectivity index (χ1n) is 6.96. The summed E-state index contributed by atoms with van der Waals surface area (Å²) in [5, 5.41) is 2.38. The number of nitrogen functional groups attached to an aromatic ring is 1. The van der Waals surface area contributed by atoms with Gasteiger partial charge in [-0.15, -0.1) is 0 Å². The first-order valence-corrected chi connectivity index (χ1v) is 6.96. The minimum absolute atomic E-state index is 0.649. The largest absolute Gasteiger partial charge is 0.383 e. The Morgan fingerprint density at radius 1 is 0.900 bits per heavy atom. The second-order valence-electron chi connectivity index (χ2n) is 5.24. The van der Waals surface area contributed by atoms with Gasteiger partial charge in [0.25, 0.3) is 0 Å². The summed E-state index contributed by atoms with van der Waals surface area (Å²) >= 11 is 0. The van der Waals surface area contributed by atoms with Gasteiger partial charge in [0.15, 0.2) is 5.82 Å². The van der Waals surface area contributed by atoms with Gasteiger partial charge in [-0.25, -0.2) is 9.97 Å². The molecule has 2 N–H and O–H groups in total. The van der Waals surface area contributed by atoms with Crippen LogP contribution in [0.15, 0.2) is 42.5 Å². The van der Waals surface area contributed by atoms with Gasteiger partial charge in [0, 0.05) is 16.8 Å². The quantitative estimate of drug-likeness (QED) is 0.730. The summed E-state index contributed by atoms with van der Waals surface area (Å²) in [5.41, 5.74) is 9.44. The summed E-state index contributed by atoms with van der Waals surface area (Å²) in [6.45, 7) is 0. The topological polar surface area (TPSA) is 51.8 Å². The zero-order valence-electron chi connectivity index (χ0n) is 11.1. The smallest absolute Gasteiger partial charge is 0.162 e. The normalized spacial score (nSPS) is 13.6. The summed E-state index contributed by atoms with van der Waals surface area (Å²) < 4.78 is 0. The van der Waals surface area contributed by atoms with Crippen LogP contribution in [0.3, 0.4) is 0 Å². The molecular weight excluding hydrogens is 246 g/mol. The highest BCUT2D eigenvalue weighted by atomic mass is 15.0. The van der Waals surface area contributed by atoms with Crippen LogP contribution in [0.1, 0.15) is 17.7 Å². The number of rotatable bonds is 1. The average Bonchev–Trinajstić information content (AvgIpc) is 2.95. The van der Waals surface area contributed by atoms with E-state index in [1.165, 1.54) is 10.8 Å². The van der Waals surface area contributed by atoms with Gasteiger partial charge in [0.1, 0.15) is 5.82 Å². The Labute approximate surface area is 117 Å². The number of hydrogen-bond acceptors (Lipinski definition) is 3. The van der Waals surface area contributed by atoms with E-state index >= 15 is 0 Å². The Kier molecular flexibility index (Phi) is 2.46. The molecular formula is C17H15N3. The van der Waals surface area contributed by atoms with Crippen LogP contribution in [-0.2, 0) is 12.8 Å². The van der Waals surface area contributed by atoms with E-state index in [0.717, 1.165) is 41.9 Å². The fourth-order valence-corrected chi connectivity index (χ4v) is 3.00. The van der Waals surface area contributed by atoms with Gasteiger partial charge in [0.05, 0.1) is 0 Å². The van der Waals surface area contributed by atoms with Gasteiger partial charge in [0.2, 0.25) is 0 Å². The number of anilines is 1. The van der Waals surface area contributed by atoms with Crippen molar-refractivity contribution < 1.29 is 0 Å². The number of fused-ring (bicyclic) bond motifs is 2. The van der Waals surface area contributed by atoms with E-state index in [9.17, 15) is 0 Å². The molecule has 1 aliphatic rings. The van der Waals surface area contributed by atoms with Gasteiger partial charge in [-0.05, 0) is 30.0 Å². The fourth-order valence-electron chi connectivity index (χ4n) is 3.00. The maximum Gasteiger partial charge on any atom is 0.162 e. The molecule has 0 bridgehead atoms. The summed E-state index contributed by atoms with van der Waals surface area (Å²) in [5.74, 6) is 1.40. The Morgan fingerprint density at radius 3 is 2.70 bits per heavy atom. The van der Waals surface area contributed by atoms with Crippen LogP contribution in [0.5, 0.6) is 0 Å². The van der Waals surface area contributed by atoms with E-state index < -0.39 is 0 Å². The lowest BCUT2D eigenvalue weighted by atomic mass is 10.0. The molecule has 1 aliphatic carbocycles. The molecule has 0 fully saturated rings. The van der Waals surface area contributed by atoms with E-state index in [2.05, 4.69) is 29.2 Å². The number of aryl methyl sites for hydroxylation is 1. The number of benzene rings is 2.